The third-order valence-electron chi connectivity index (χ3n) is 12.8. The van der Waals surface area contributed by atoms with E-state index in [1.165, 1.54) is 12.7 Å². The number of aromatic amines is 1. The maximum Gasteiger partial charge on any atom is 0.407 e. The Balaban J connectivity index is 0.898. The van der Waals surface area contributed by atoms with Crippen LogP contribution in [0.5, 0.6) is 0 Å². The van der Waals surface area contributed by atoms with Crippen LogP contribution in [0.3, 0.4) is 0 Å². The molecule has 4 aliphatic rings. The van der Waals surface area contributed by atoms with Crippen molar-refractivity contribution >= 4 is 35.3 Å². The Hall–Kier alpha value is -5.72. The summed E-state index contributed by atoms with van der Waals surface area (Å²) in [7, 11) is 1.30. The molecule has 1 saturated carbocycles. The number of nitrogens with one attached hydrogen (secondary N) is 3. The van der Waals surface area contributed by atoms with E-state index in [-0.39, 0.29) is 53.0 Å². The van der Waals surface area contributed by atoms with Crippen molar-refractivity contribution in [3.8, 4) is 22.4 Å². The van der Waals surface area contributed by atoms with Crippen molar-refractivity contribution < 1.29 is 23.9 Å². The standard InChI is InChI=1S/C46H56N8O5/c1-26(2)39(51-45(58)59-7)44(57)54-24-27(3)20-37(54)41-49-36-16-11-31-21-30(10-15-34(31)40(36)50-41)29-8-13-33(14-9-29)48-42(55)32-12-17-38(47-23-32)53-19-18-52(25-28(53)4)43(56)35-22-46(35,5)6/h8-10,12-15,17,21,23,26-28,35,37,39H,11,16,18-20,22,24-25H2,1-7H3,(H,48,55)(H,49,50)(H,51,58)/t27-,28+,35+,37-,39-/m0/s1. The molecule has 5 atom stereocenters. The lowest BCUT2D eigenvalue weighted by Crippen LogP contribution is -2.54. The normalized spacial score (nSPS) is 22.3. The van der Waals surface area contributed by atoms with Gasteiger partial charge in [0, 0.05) is 61.3 Å². The molecule has 4 heterocycles. The fourth-order valence-electron chi connectivity index (χ4n) is 9.14. The number of pyridine rings is 1. The average molecular weight is 801 g/mol. The number of carbonyl (C=O) groups excluding carboxylic acids is 4. The van der Waals surface area contributed by atoms with Crippen LogP contribution in [-0.2, 0) is 27.2 Å². The number of aromatic nitrogens is 3. The third-order valence-corrected chi connectivity index (χ3v) is 12.8. The van der Waals surface area contributed by atoms with E-state index in [9.17, 15) is 19.2 Å². The first-order chi connectivity index (χ1) is 28.2. The lowest BCUT2D eigenvalue weighted by Gasteiger charge is -2.40. The number of methoxy groups -OCH3 is 1. The molecule has 4 aromatic rings. The van der Waals surface area contributed by atoms with Crippen molar-refractivity contribution in [2.24, 2.45) is 23.2 Å². The maximum absolute atomic E-state index is 13.8. The van der Waals surface area contributed by atoms with E-state index in [1.54, 1.807) is 12.3 Å². The number of amides is 4. The molecule has 59 heavy (non-hydrogen) atoms. The van der Waals surface area contributed by atoms with E-state index < -0.39 is 12.1 Å². The van der Waals surface area contributed by atoms with Crippen LogP contribution in [0.4, 0.5) is 16.3 Å². The summed E-state index contributed by atoms with van der Waals surface area (Å²) in [5.74, 6) is 1.82. The Morgan fingerprint density at radius 2 is 1.69 bits per heavy atom. The molecule has 2 aromatic carbocycles. The third kappa shape index (κ3) is 8.03. The lowest BCUT2D eigenvalue weighted by molar-refractivity contribution is -0.136. The van der Waals surface area contributed by atoms with Gasteiger partial charge in [0.15, 0.2) is 0 Å². The molecule has 2 aliphatic heterocycles. The molecular weight excluding hydrogens is 745 g/mol. The predicted molar refractivity (Wildman–Crippen MR) is 227 cm³/mol. The second-order valence-electron chi connectivity index (χ2n) is 18.0. The minimum atomic E-state index is -0.694. The van der Waals surface area contributed by atoms with Gasteiger partial charge in [0.25, 0.3) is 5.91 Å². The van der Waals surface area contributed by atoms with Crippen LogP contribution in [0.2, 0.25) is 0 Å². The van der Waals surface area contributed by atoms with Gasteiger partial charge in [-0.2, -0.15) is 0 Å². The van der Waals surface area contributed by atoms with Crippen LogP contribution >= 0.6 is 0 Å². The topological polar surface area (TPSA) is 153 Å². The summed E-state index contributed by atoms with van der Waals surface area (Å²) < 4.78 is 4.81. The fraction of sp³-hybridized carbons (Fsp3) is 0.478. The van der Waals surface area contributed by atoms with Gasteiger partial charge in [-0.05, 0) is 90.8 Å². The Bertz CT molecular complexity index is 2250. The zero-order valence-corrected chi connectivity index (χ0v) is 35.2. The molecule has 0 unspecified atom stereocenters. The van der Waals surface area contributed by atoms with E-state index in [2.05, 4.69) is 71.4 Å². The molecule has 3 fully saturated rings. The number of alkyl carbamates (subject to hydrolysis) is 1. The summed E-state index contributed by atoms with van der Waals surface area (Å²) in [4.78, 5) is 71.5. The SMILES string of the molecule is COC(=O)N[C@H](C(=O)N1C[C@@H](C)C[C@H]1c1nc2c([nH]1)CCc1cc(-c3ccc(NC(=O)c4ccc(N5CCN(C(=O)[C@H]6CC6(C)C)C[C@H]5C)nc4)cc3)ccc1-2)C(C)C. The molecule has 13 heteroatoms. The van der Waals surface area contributed by atoms with Crippen LogP contribution in [0.15, 0.2) is 60.8 Å². The van der Waals surface area contributed by atoms with Gasteiger partial charge in [-0.1, -0.05) is 65.0 Å². The summed E-state index contributed by atoms with van der Waals surface area (Å²) in [6, 6.07) is 17.2. The zero-order valence-electron chi connectivity index (χ0n) is 35.2. The van der Waals surface area contributed by atoms with E-state index in [4.69, 9.17) is 9.72 Å². The molecule has 310 valence electrons. The fourth-order valence-corrected chi connectivity index (χ4v) is 9.14. The van der Waals surface area contributed by atoms with Crippen LogP contribution in [-0.4, -0.2) is 93.9 Å². The number of hydrogen-bond acceptors (Lipinski definition) is 8. The van der Waals surface area contributed by atoms with Gasteiger partial charge in [0.1, 0.15) is 17.7 Å². The molecule has 2 aliphatic carbocycles. The number of fused-ring (bicyclic) bond motifs is 3. The first-order valence-corrected chi connectivity index (χ1v) is 21.0. The summed E-state index contributed by atoms with van der Waals surface area (Å²) >= 11 is 0. The number of ether oxygens (including phenoxy) is 1. The van der Waals surface area contributed by atoms with Crippen LogP contribution in [0, 0.1) is 23.2 Å². The first kappa shape index (κ1) is 40.1. The molecule has 2 saturated heterocycles. The Morgan fingerprint density at radius 1 is 0.949 bits per heavy atom. The van der Waals surface area contributed by atoms with E-state index >= 15 is 0 Å². The number of piperazine rings is 1. The molecule has 0 radical (unpaired) electrons. The van der Waals surface area contributed by atoms with Gasteiger partial charge in [0.05, 0.1) is 24.4 Å². The Labute approximate surface area is 346 Å². The number of carbonyl (C=O) groups is 4. The molecule has 4 amide bonds. The van der Waals surface area contributed by atoms with Gasteiger partial charge in [-0.15, -0.1) is 0 Å². The summed E-state index contributed by atoms with van der Waals surface area (Å²) in [5, 5.41) is 5.75. The second-order valence-corrected chi connectivity index (χ2v) is 18.0. The van der Waals surface area contributed by atoms with Crippen LogP contribution in [0.1, 0.15) is 87.9 Å². The number of hydrogen-bond donors (Lipinski definition) is 3. The Morgan fingerprint density at radius 3 is 2.36 bits per heavy atom. The first-order valence-electron chi connectivity index (χ1n) is 21.0. The summed E-state index contributed by atoms with van der Waals surface area (Å²) in [6.45, 7) is 15.1. The number of likely N-dealkylation sites (tertiary alicyclic amines) is 1. The van der Waals surface area contributed by atoms with Crippen molar-refractivity contribution in [2.75, 3.05) is 43.5 Å². The highest BCUT2D eigenvalue weighted by atomic mass is 16.5. The van der Waals surface area contributed by atoms with Crippen LogP contribution < -0.4 is 15.5 Å². The predicted octanol–water partition coefficient (Wildman–Crippen LogP) is 6.86. The summed E-state index contributed by atoms with van der Waals surface area (Å²) in [6.07, 6.45) is 4.42. The highest BCUT2D eigenvalue weighted by molar-refractivity contribution is 6.04. The number of benzene rings is 2. The van der Waals surface area contributed by atoms with Gasteiger partial charge in [0.2, 0.25) is 11.8 Å². The van der Waals surface area contributed by atoms with Gasteiger partial charge in [-0.3, -0.25) is 14.4 Å². The Kier molecular flexibility index (Phi) is 10.7. The minimum Gasteiger partial charge on any atom is -0.453 e. The molecule has 2 aromatic heterocycles. The molecular formula is C46H56N8O5. The van der Waals surface area contributed by atoms with Crippen LogP contribution in [0.25, 0.3) is 22.4 Å². The smallest absolute Gasteiger partial charge is 0.407 e. The number of anilines is 2. The van der Waals surface area contributed by atoms with Gasteiger partial charge >= 0.3 is 6.09 Å². The number of H-pyrrole nitrogens is 1. The molecule has 0 bridgehead atoms. The highest BCUT2D eigenvalue weighted by Crippen LogP contribution is 2.52. The monoisotopic (exact) mass is 800 g/mol. The van der Waals surface area contributed by atoms with Crippen molar-refractivity contribution in [1.82, 2.24) is 30.1 Å². The van der Waals surface area contributed by atoms with Gasteiger partial charge < -0.3 is 35.1 Å². The largest absolute Gasteiger partial charge is 0.453 e. The molecule has 0 spiro atoms. The van der Waals surface area contributed by atoms with Crippen molar-refractivity contribution in [3.63, 3.8) is 0 Å². The molecule has 13 nitrogen and oxygen atoms in total. The van der Waals surface area contributed by atoms with Crippen molar-refractivity contribution in [3.05, 3.63) is 83.4 Å². The van der Waals surface area contributed by atoms with E-state index in [0.29, 0.717) is 37.4 Å². The quantitative estimate of drug-likeness (QED) is 0.166. The van der Waals surface area contributed by atoms with E-state index in [1.807, 2.05) is 54.0 Å². The van der Waals surface area contributed by atoms with Crippen molar-refractivity contribution in [1.29, 1.82) is 0 Å². The molecule has 8 rings (SSSR count). The highest BCUT2D eigenvalue weighted by Gasteiger charge is 2.52. The zero-order chi connectivity index (χ0) is 41.7. The second kappa shape index (κ2) is 15.8. The van der Waals surface area contributed by atoms with Gasteiger partial charge in [-0.25, -0.2) is 14.8 Å². The van der Waals surface area contributed by atoms with E-state index in [0.717, 1.165) is 65.4 Å². The molecule has 3 N–H and O–H groups in total. The number of nitrogens with zero attached hydrogens (tertiary/aromatic N) is 5. The summed E-state index contributed by atoms with van der Waals surface area (Å²) in [5.41, 5.74) is 7.70. The number of aryl methyl sites for hydroxylation is 2. The number of imidazole rings is 1. The maximum atomic E-state index is 13.8. The van der Waals surface area contributed by atoms with Crippen molar-refractivity contribution in [2.45, 2.75) is 85.4 Å². The average Bonchev–Trinajstić information content (AvgIpc) is 3.49. The number of rotatable bonds is 9. The lowest BCUT2D eigenvalue weighted by atomic mass is 9.89. The minimum absolute atomic E-state index is 0.109.